The van der Waals surface area contributed by atoms with Crippen molar-refractivity contribution >= 4 is 33.4 Å². The second kappa shape index (κ2) is 7.59. The topological polar surface area (TPSA) is 71.3 Å². The minimum atomic E-state index is 0.0121. The van der Waals surface area contributed by atoms with Crippen LogP contribution in [-0.2, 0) is 24.3 Å². The summed E-state index contributed by atoms with van der Waals surface area (Å²) < 4.78 is 3.03. The van der Waals surface area contributed by atoms with E-state index in [1.807, 2.05) is 38.7 Å². The molecule has 2 aliphatic rings. The number of benzene rings is 1. The SMILES string of the molecule is O=C(CCc1nc2ccccc2s1)N1CCn2nc(C(=O)N3CCCC3)cc2C1. The molecule has 5 rings (SSSR count). The van der Waals surface area contributed by atoms with E-state index in [1.54, 1.807) is 11.3 Å². The van der Waals surface area contributed by atoms with Gasteiger partial charge in [-0.1, -0.05) is 12.1 Å². The number of fused-ring (bicyclic) bond motifs is 2. The number of likely N-dealkylation sites (tertiary alicyclic amines) is 1. The first kappa shape index (κ1) is 18.3. The summed E-state index contributed by atoms with van der Waals surface area (Å²) in [6.45, 7) is 3.41. The van der Waals surface area contributed by atoms with Gasteiger partial charge in [0.25, 0.3) is 5.91 Å². The lowest BCUT2D eigenvalue weighted by atomic mass is 10.2. The fourth-order valence-corrected chi connectivity index (χ4v) is 5.03. The monoisotopic (exact) mass is 409 g/mol. The smallest absolute Gasteiger partial charge is 0.274 e. The molecule has 0 atom stereocenters. The zero-order valence-electron chi connectivity index (χ0n) is 16.2. The van der Waals surface area contributed by atoms with E-state index < -0.39 is 0 Å². The van der Waals surface area contributed by atoms with Gasteiger partial charge >= 0.3 is 0 Å². The minimum Gasteiger partial charge on any atom is -0.337 e. The predicted molar refractivity (Wildman–Crippen MR) is 111 cm³/mol. The largest absolute Gasteiger partial charge is 0.337 e. The summed E-state index contributed by atoms with van der Waals surface area (Å²) >= 11 is 1.65. The van der Waals surface area contributed by atoms with Crippen LogP contribution in [0.15, 0.2) is 30.3 Å². The van der Waals surface area contributed by atoms with E-state index in [2.05, 4.69) is 16.1 Å². The Bertz CT molecular complexity index is 1030. The van der Waals surface area contributed by atoms with Gasteiger partial charge in [0.15, 0.2) is 5.69 Å². The van der Waals surface area contributed by atoms with Crippen LogP contribution in [0, 0.1) is 0 Å². The van der Waals surface area contributed by atoms with E-state index in [-0.39, 0.29) is 11.8 Å². The molecule has 0 unspecified atom stereocenters. The van der Waals surface area contributed by atoms with Gasteiger partial charge in [0.05, 0.1) is 34.0 Å². The molecule has 2 amide bonds. The summed E-state index contributed by atoms with van der Waals surface area (Å²) in [5.74, 6) is 0.141. The Morgan fingerprint density at radius 3 is 2.69 bits per heavy atom. The van der Waals surface area contributed by atoms with Crippen LogP contribution in [-0.4, -0.2) is 56.0 Å². The molecule has 0 bridgehead atoms. The van der Waals surface area contributed by atoms with Crippen molar-refractivity contribution in [1.29, 1.82) is 0 Å². The lowest BCUT2D eigenvalue weighted by Gasteiger charge is -2.27. The van der Waals surface area contributed by atoms with Gasteiger partial charge in [-0.25, -0.2) is 4.98 Å². The normalized spacial score (nSPS) is 16.4. The lowest BCUT2D eigenvalue weighted by molar-refractivity contribution is -0.132. The highest BCUT2D eigenvalue weighted by Gasteiger charge is 2.27. The second-order valence-electron chi connectivity index (χ2n) is 7.63. The average molecular weight is 410 g/mol. The van der Waals surface area contributed by atoms with Crippen LogP contribution in [0.3, 0.4) is 0 Å². The molecule has 0 aliphatic carbocycles. The highest BCUT2D eigenvalue weighted by Crippen LogP contribution is 2.23. The molecular weight excluding hydrogens is 386 g/mol. The Hall–Kier alpha value is -2.74. The van der Waals surface area contributed by atoms with E-state index in [1.165, 1.54) is 0 Å². The van der Waals surface area contributed by atoms with Crippen LogP contribution < -0.4 is 0 Å². The molecule has 3 aromatic rings. The van der Waals surface area contributed by atoms with E-state index in [4.69, 9.17) is 0 Å². The first-order valence-corrected chi connectivity index (χ1v) is 11.0. The Labute approximate surface area is 172 Å². The van der Waals surface area contributed by atoms with Gasteiger partial charge in [0, 0.05) is 32.5 Å². The third kappa shape index (κ3) is 3.64. The molecule has 0 N–H and O–H groups in total. The first-order chi connectivity index (χ1) is 14.2. The average Bonchev–Trinajstić information content (AvgIpc) is 3.49. The Morgan fingerprint density at radius 2 is 1.86 bits per heavy atom. The number of amides is 2. The van der Waals surface area contributed by atoms with Crippen molar-refractivity contribution in [3.8, 4) is 0 Å². The zero-order chi connectivity index (χ0) is 19.8. The minimum absolute atomic E-state index is 0.0121. The maximum Gasteiger partial charge on any atom is 0.274 e. The lowest BCUT2D eigenvalue weighted by Crippen LogP contribution is -2.38. The van der Waals surface area contributed by atoms with Crippen LogP contribution in [0.25, 0.3) is 10.2 Å². The molecule has 1 fully saturated rings. The highest BCUT2D eigenvalue weighted by atomic mass is 32.1. The fraction of sp³-hybridized carbons (Fsp3) is 0.429. The van der Waals surface area contributed by atoms with E-state index in [0.29, 0.717) is 38.2 Å². The third-order valence-electron chi connectivity index (χ3n) is 5.65. The quantitative estimate of drug-likeness (QED) is 0.664. The molecule has 1 saturated heterocycles. The van der Waals surface area contributed by atoms with E-state index in [9.17, 15) is 9.59 Å². The van der Waals surface area contributed by atoms with Crippen molar-refractivity contribution in [3.63, 3.8) is 0 Å². The number of para-hydroxylation sites is 1. The fourth-order valence-electron chi connectivity index (χ4n) is 4.06. The van der Waals surface area contributed by atoms with Crippen LogP contribution >= 0.6 is 11.3 Å². The number of thiazole rings is 1. The van der Waals surface area contributed by atoms with Crippen LogP contribution in [0.2, 0.25) is 0 Å². The number of rotatable bonds is 4. The summed E-state index contributed by atoms with van der Waals surface area (Å²) in [5, 5.41) is 5.49. The maximum absolute atomic E-state index is 12.7. The van der Waals surface area contributed by atoms with Gasteiger partial charge in [-0.15, -0.1) is 11.3 Å². The Morgan fingerprint density at radius 1 is 1.03 bits per heavy atom. The second-order valence-corrected chi connectivity index (χ2v) is 8.75. The van der Waals surface area contributed by atoms with Gasteiger partial charge in [-0.2, -0.15) is 5.10 Å². The van der Waals surface area contributed by atoms with Gasteiger partial charge in [0.2, 0.25) is 5.91 Å². The van der Waals surface area contributed by atoms with E-state index >= 15 is 0 Å². The van der Waals surface area contributed by atoms with Gasteiger partial charge in [-0.3, -0.25) is 14.3 Å². The zero-order valence-corrected chi connectivity index (χ0v) is 17.0. The standard InChI is InChI=1S/C21H23N5O2S/c27-20(8-7-19-22-16-5-1-2-6-18(16)29-19)25-11-12-26-15(14-25)13-17(23-26)21(28)24-9-3-4-10-24/h1-2,5-6,13H,3-4,7-12,14H2. The number of aromatic nitrogens is 3. The molecule has 4 heterocycles. The van der Waals surface area contributed by atoms with Crippen molar-refractivity contribution in [2.24, 2.45) is 0 Å². The van der Waals surface area contributed by atoms with Crippen LogP contribution in [0.4, 0.5) is 0 Å². The summed E-state index contributed by atoms with van der Waals surface area (Å²) in [5.41, 5.74) is 2.44. The molecule has 2 aliphatic heterocycles. The molecule has 8 heteroatoms. The van der Waals surface area contributed by atoms with Gasteiger partial charge in [-0.05, 0) is 31.0 Å². The van der Waals surface area contributed by atoms with Crippen LogP contribution in [0.5, 0.6) is 0 Å². The number of carbonyl (C=O) groups excluding carboxylic acids is 2. The molecule has 7 nitrogen and oxygen atoms in total. The number of aryl methyl sites for hydroxylation is 1. The van der Waals surface area contributed by atoms with Crippen molar-refractivity contribution in [2.75, 3.05) is 19.6 Å². The van der Waals surface area contributed by atoms with Crippen molar-refractivity contribution in [2.45, 2.75) is 38.8 Å². The Kier molecular flexibility index (Phi) is 4.79. The van der Waals surface area contributed by atoms with Gasteiger partial charge < -0.3 is 9.80 Å². The Balaban J connectivity index is 1.22. The third-order valence-corrected chi connectivity index (χ3v) is 6.75. The highest BCUT2D eigenvalue weighted by molar-refractivity contribution is 7.18. The molecule has 0 radical (unpaired) electrons. The summed E-state index contributed by atoms with van der Waals surface area (Å²) in [6.07, 6.45) is 3.24. The molecule has 29 heavy (non-hydrogen) atoms. The van der Waals surface area contributed by atoms with Crippen molar-refractivity contribution < 1.29 is 9.59 Å². The summed E-state index contributed by atoms with van der Waals surface area (Å²) in [6, 6.07) is 9.91. The number of carbonyl (C=O) groups is 2. The molecule has 1 aromatic carbocycles. The number of hydrogen-bond donors (Lipinski definition) is 0. The molecule has 0 saturated carbocycles. The maximum atomic E-state index is 12.7. The summed E-state index contributed by atoms with van der Waals surface area (Å²) in [7, 11) is 0. The predicted octanol–water partition coefficient (Wildman–Crippen LogP) is 2.70. The molecule has 2 aromatic heterocycles. The van der Waals surface area contributed by atoms with Crippen molar-refractivity contribution in [3.05, 3.63) is 46.7 Å². The molecule has 150 valence electrons. The number of nitrogens with zero attached hydrogens (tertiary/aromatic N) is 5. The van der Waals surface area contributed by atoms with Crippen LogP contribution in [0.1, 0.15) is 40.5 Å². The number of hydrogen-bond acceptors (Lipinski definition) is 5. The van der Waals surface area contributed by atoms with E-state index in [0.717, 1.165) is 46.8 Å². The van der Waals surface area contributed by atoms with Gasteiger partial charge in [0.1, 0.15) is 0 Å². The van der Waals surface area contributed by atoms with Crippen molar-refractivity contribution in [1.82, 2.24) is 24.6 Å². The summed E-state index contributed by atoms with van der Waals surface area (Å²) in [4.78, 5) is 33.7. The first-order valence-electron chi connectivity index (χ1n) is 10.2. The molecule has 0 spiro atoms. The molecular formula is C21H23N5O2S.